The lowest BCUT2D eigenvalue weighted by Gasteiger charge is -2.04. The fourth-order valence-corrected chi connectivity index (χ4v) is 1.99. The van der Waals surface area contributed by atoms with E-state index < -0.39 is 0 Å². The third-order valence-corrected chi connectivity index (χ3v) is 3.52. The van der Waals surface area contributed by atoms with Crippen LogP contribution in [0, 0.1) is 6.92 Å². The van der Waals surface area contributed by atoms with E-state index >= 15 is 0 Å². The highest BCUT2D eigenvalue weighted by Gasteiger charge is 2.09. The Bertz CT molecular complexity index is 517. The number of nitrogens with zero attached hydrogens (tertiary/aromatic N) is 2. The topological polar surface area (TPSA) is 43.8 Å². The van der Waals surface area contributed by atoms with E-state index in [1.807, 2.05) is 23.6 Å². The lowest BCUT2D eigenvalue weighted by Crippen LogP contribution is -1.99. The van der Waals surface area contributed by atoms with Gasteiger partial charge in [-0.1, -0.05) is 28.1 Å². The van der Waals surface area contributed by atoms with Gasteiger partial charge in [0.15, 0.2) is 0 Å². The van der Waals surface area contributed by atoms with Crippen LogP contribution in [-0.4, -0.2) is 9.55 Å². The Kier molecular flexibility index (Phi) is 3.01. The molecule has 0 aliphatic rings. The van der Waals surface area contributed by atoms with Crippen LogP contribution >= 0.6 is 15.9 Å². The molecule has 0 unspecified atom stereocenters. The molecule has 16 heavy (non-hydrogen) atoms. The highest BCUT2D eigenvalue weighted by Crippen LogP contribution is 2.28. The number of benzene rings is 1. The quantitative estimate of drug-likeness (QED) is 0.917. The smallest absolute Gasteiger partial charge is 0.131 e. The molecule has 0 aliphatic heterocycles. The number of rotatable bonds is 2. The number of nitrogens with two attached hydrogens (primary N) is 1. The fraction of sp³-hybridized carbons (Fsp3) is 0.250. The lowest BCUT2D eigenvalue weighted by molar-refractivity contribution is 0.771. The van der Waals surface area contributed by atoms with E-state index in [9.17, 15) is 0 Å². The fourth-order valence-electron chi connectivity index (χ4n) is 1.61. The number of nitrogen functional groups attached to an aromatic ring is 1. The zero-order chi connectivity index (χ0) is 11.7. The molecule has 2 N–H and O–H groups in total. The van der Waals surface area contributed by atoms with Crippen LogP contribution in [0.3, 0.4) is 0 Å². The second-order valence-corrected chi connectivity index (χ2v) is 4.58. The lowest BCUT2D eigenvalue weighted by atomic mass is 10.1. The van der Waals surface area contributed by atoms with Crippen molar-refractivity contribution < 1.29 is 0 Å². The molecule has 0 aliphatic carbocycles. The Morgan fingerprint density at radius 3 is 2.75 bits per heavy atom. The van der Waals surface area contributed by atoms with E-state index in [1.54, 1.807) is 6.33 Å². The molecule has 0 radical (unpaired) electrons. The molecule has 0 amide bonds. The summed E-state index contributed by atoms with van der Waals surface area (Å²) in [6.45, 7) is 4.95. The number of imidazole rings is 1. The van der Waals surface area contributed by atoms with Crippen molar-refractivity contribution in [1.29, 1.82) is 0 Å². The van der Waals surface area contributed by atoms with Gasteiger partial charge < -0.3 is 10.3 Å². The molecule has 0 saturated carbocycles. The predicted octanol–water partition coefficient (Wildman–Crippen LogP) is 3.22. The summed E-state index contributed by atoms with van der Waals surface area (Å²) < 4.78 is 3.01. The summed E-state index contributed by atoms with van der Waals surface area (Å²) in [4.78, 5) is 4.34. The van der Waals surface area contributed by atoms with Gasteiger partial charge in [0.2, 0.25) is 0 Å². The molecule has 3 nitrogen and oxygen atoms in total. The predicted molar refractivity (Wildman–Crippen MR) is 70.2 cm³/mol. The molecule has 1 heterocycles. The first kappa shape index (κ1) is 11.2. The van der Waals surface area contributed by atoms with Gasteiger partial charge >= 0.3 is 0 Å². The van der Waals surface area contributed by atoms with Crippen LogP contribution in [0.2, 0.25) is 0 Å². The second-order valence-electron chi connectivity index (χ2n) is 3.73. The van der Waals surface area contributed by atoms with Gasteiger partial charge in [-0.15, -0.1) is 0 Å². The molecule has 0 atom stereocenters. The molecule has 0 fully saturated rings. The molecule has 2 aromatic rings. The molecule has 1 aromatic carbocycles. The van der Waals surface area contributed by atoms with Gasteiger partial charge in [-0.05, 0) is 25.5 Å². The van der Waals surface area contributed by atoms with Crippen LogP contribution in [0.25, 0.3) is 11.3 Å². The van der Waals surface area contributed by atoms with Crippen molar-refractivity contribution in [3.8, 4) is 11.3 Å². The minimum atomic E-state index is 0.721. The van der Waals surface area contributed by atoms with Gasteiger partial charge in [-0.2, -0.15) is 0 Å². The van der Waals surface area contributed by atoms with Gasteiger partial charge in [0, 0.05) is 16.6 Å². The van der Waals surface area contributed by atoms with Crippen molar-refractivity contribution in [2.24, 2.45) is 0 Å². The van der Waals surface area contributed by atoms with Crippen molar-refractivity contribution in [3.05, 3.63) is 34.6 Å². The van der Waals surface area contributed by atoms with Crippen molar-refractivity contribution in [3.63, 3.8) is 0 Å². The summed E-state index contributed by atoms with van der Waals surface area (Å²) in [5.74, 6) is 0.721. The third-order valence-electron chi connectivity index (χ3n) is 2.66. The Morgan fingerprint density at radius 1 is 1.44 bits per heavy atom. The average Bonchev–Trinajstić information content (AvgIpc) is 2.64. The minimum Gasteiger partial charge on any atom is -0.383 e. The van der Waals surface area contributed by atoms with Gasteiger partial charge in [-0.25, -0.2) is 4.98 Å². The van der Waals surface area contributed by atoms with E-state index in [2.05, 4.69) is 33.9 Å². The molecule has 1 aromatic heterocycles. The molecule has 2 rings (SSSR count). The van der Waals surface area contributed by atoms with Crippen LogP contribution in [0.4, 0.5) is 5.82 Å². The molecule has 0 saturated heterocycles. The Hall–Kier alpha value is -1.29. The monoisotopic (exact) mass is 279 g/mol. The van der Waals surface area contributed by atoms with E-state index in [0.29, 0.717) is 0 Å². The van der Waals surface area contributed by atoms with E-state index in [1.165, 1.54) is 5.56 Å². The van der Waals surface area contributed by atoms with Gasteiger partial charge in [0.05, 0.1) is 6.33 Å². The number of halogens is 1. The van der Waals surface area contributed by atoms with Crippen LogP contribution < -0.4 is 5.73 Å². The minimum absolute atomic E-state index is 0.721. The summed E-state index contributed by atoms with van der Waals surface area (Å²) in [7, 11) is 0. The maximum atomic E-state index is 6.02. The summed E-state index contributed by atoms with van der Waals surface area (Å²) in [5, 5.41) is 0. The highest BCUT2D eigenvalue weighted by atomic mass is 79.9. The largest absolute Gasteiger partial charge is 0.383 e. The Morgan fingerprint density at radius 2 is 2.19 bits per heavy atom. The molecule has 84 valence electrons. The molecule has 0 spiro atoms. The van der Waals surface area contributed by atoms with Crippen molar-refractivity contribution in [1.82, 2.24) is 9.55 Å². The van der Waals surface area contributed by atoms with E-state index in [4.69, 9.17) is 5.73 Å². The van der Waals surface area contributed by atoms with Crippen LogP contribution in [-0.2, 0) is 6.54 Å². The first-order chi connectivity index (χ1) is 7.63. The summed E-state index contributed by atoms with van der Waals surface area (Å²) in [6, 6.07) is 6.15. The zero-order valence-electron chi connectivity index (χ0n) is 9.37. The zero-order valence-corrected chi connectivity index (χ0v) is 11.0. The van der Waals surface area contributed by atoms with Crippen LogP contribution in [0.5, 0.6) is 0 Å². The van der Waals surface area contributed by atoms with Gasteiger partial charge in [-0.3, -0.25) is 0 Å². The normalized spacial score (nSPS) is 10.7. The van der Waals surface area contributed by atoms with Crippen LogP contribution in [0.15, 0.2) is 29.0 Å². The maximum absolute atomic E-state index is 6.02. The van der Waals surface area contributed by atoms with E-state index in [0.717, 1.165) is 28.1 Å². The number of hydrogen-bond donors (Lipinski definition) is 1. The number of aryl methyl sites for hydroxylation is 2. The van der Waals surface area contributed by atoms with Gasteiger partial charge in [0.25, 0.3) is 0 Å². The molecular formula is C12H14BrN3. The summed E-state index contributed by atoms with van der Waals surface area (Å²) in [6.07, 6.45) is 1.78. The standard InChI is InChI=1S/C12H14BrN3/c1-3-16-7-15-11(12(16)14)9-5-4-8(2)10(13)6-9/h4-7H,3,14H2,1-2H3. The Labute approximate surface area is 103 Å². The third kappa shape index (κ3) is 1.85. The van der Waals surface area contributed by atoms with E-state index in [-0.39, 0.29) is 0 Å². The number of hydrogen-bond acceptors (Lipinski definition) is 2. The van der Waals surface area contributed by atoms with Crippen molar-refractivity contribution in [2.45, 2.75) is 20.4 Å². The maximum Gasteiger partial charge on any atom is 0.131 e. The van der Waals surface area contributed by atoms with Gasteiger partial charge in [0.1, 0.15) is 11.5 Å². The number of aromatic nitrogens is 2. The first-order valence-corrected chi connectivity index (χ1v) is 6.00. The molecule has 0 bridgehead atoms. The number of anilines is 1. The Balaban J connectivity index is 2.50. The summed E-state index contributed by atoms with van der Waals surface area (Å²) >= 11 is 3.52. The average molecular weight is 280 g/mol. The summed E-state index contributed by atoms with van der Waals surface area (Å²) in [5.41, 5.74) is 9.12. The highest BCUT2D eigenvalue weighted by molar-refractivity contribution is 9.10. The molecular weight excluding hydrogens is 266 g/mol. The van der Waals surface area contributed by atoms with Crippen molar-refractivity contribution >= 4 is 21.7 Å². The SMILES string of the molecule is CCn1cnc(-c2ccc(C)c(Br)c2)c1N. The second kappa shape index (κ2) is 4.29. The van der Waals surface area contributed by atoms with Crippen LogP contribution in [0.1, 0.15) is 12.5 Å². The van der Waals surface area contributed by atoms with Crippen molar-refractivity contribution in [2.75, 3.05) is 5.73 Å². The first-order valence-electron chi connectivity index (χ1n) is 5.20. The molecule has 4 heteroatoms.